The standard InChI is InChI=1S/C15H19N3O3S/c1-22(19,20)12-7-5-6-11(10-12)13-17-14(18-21-13)15(16)8-3-2-4-9-15/h5-7,10H,2-4,8-9,16H2,1H3. The van der Waals surface area contributed by atoms with Crippen molar-refractivity contribution in [3.63, 3.8) is 0 Å². The Kier molecular flexibility index (Phi) is 3.78. The van der Waals surface area contributed by atoms with E-state index >= 15 is 0 Å². The van der Waals surface area contributed by atoms with Crippen LogP contribution in [0, 0.1) is 0 Å². The Labute approximate surface area is 129 Å². The van der Waals surface area contributed by atoms with Gasteiger partial charge in [-0.05, 0) is 31.0 Å². The first-order valence-electron chi connectivity index (χ1n) is 7.32. The second-order valence-electron chi connectivity index (χ2n) is 5.94. The van der Waals surface area contributed by atoms with E-state index in [1.165, 1.54) is 18.7 Å². The molecular formula is C15H19N3O3S. The zero-order valence-electron chi connectivity index (χ0n) is 12.4. The lowest BCUT2D eigenvalue weighted by Gasteiger charge is -2.29. The molecule has 0 unspecified atom stereocenters. The van der Waals surface area contributed by atoms with Crippen LogP contribution in [0.1, 0.15) is 37.9 Å². The largest absolute Gasteiger partial charge is 0.334 e. The van der Waals surface area contributed by atoms with Crippen LogP contribution in [0.15, 0.2) is 33.7 Å². The third kappa shape index (κ3) is 2.91. The van der Waals surface area contributed by atoms with E-state index in [0.29, 0.717) is 17.3 Å². The molecule has 1 heterocycles. The summed E-state index contributed by atoms with van der Waals surface area (Å²) in [5, 5.41) is 4.02. The first-order chi connectivity index (χ1) is 10.4. The highest BCUT2D eigenvalue weighted by molar-refractivity contribution is 7.90. The minimum Gasteiger partial charge on any atom is -0.334 e. The van der Waals surface area contributed by atoms with Gasteiger partial charge < -0.3 is 10.3 Å². The molecule has 1 aliphatic rings. The fourth-order valence-electron chi connectivity index (χ4n) is 2.81. The van der Waals surface area contributed by atoms with Crippen LogP contribution in [-0.2, 0) is 15.4 Å². The number of rotatable bonds is 3. The lowest BCUT2D eigenvalue weighted by molar-refractivity contribution is 0.275. The van der Waals surface area contributed by atoms with E-state index in [0.717, 1.165) is 25.7 Å². The second kappa shape index (κ2) is 5.48. The van der Waals surface area contributed by atoms with Crippen LogP contribution in [-0.4, -0.2) is 24.8 Å². The summed E-state index contributed by atoms with van der Waals surface area (Å²) in [5.74, 6) is 0.808. The van der Waals surface area contributed by atoms with E-state index < -0.39 is 15.4 Å². The number of nitrogens with zero attached hydrogens (tertiary/aromatic N) is 2. The molecule has 0 atom stereocenters. The van der Waals surface area contributed by atoms with Crippen molar-refractivity contribution in [1.29, 1.82) is 0 Å². The lowest BCUT2D eigenvalue weighted by Crippen LogP contribution is -2.39. The highest BCUT2D eigenvalue weighted by Crippen LogP contribution is 2.34. The van der Waals surface area contributed by atoms with Crippen LogP contribution in [0.25, 0.3) is 11.5 Å². The van der Waals surface area contributed by atoms with Crippen molar-refractivity contribution < 1.29 is 12.9 Å². The van der Waals surface area contributed by atoms with Gasteiger partial charge in [0, 0.05) is 11.8 Å². The predicted molar refractivity (Wildman–Crippen MR) is 81.8 cm³/mol. The van der Waals surface area contributed by atoms with Gasteiger partial charge >= 0.3 is 0 Å². The molecule has 0 aliphatic heterocycles. The molecule has 0 spiro atoms. The molecule has 7 heteroatoms. The summed E-state index contributed by atoms with van der Waals surface area (Å²) < 4.78 is 28.6. The van der Waals surface area contributed by atoms with Gasteiger partial charge in [-0.15, -0.1) is 0 Å². The summed E-state index contributed by atoms with van der Waals surface area (Å²) in [6, 6.07) is 6.49. The van der Waals surface area contributed by atoms with Crippen molar-refractivity contribution in [2.24, 2.45) is 5.73 Å². The van der Waals surface area contributed by atoms with Gasteiger partial charge in [0.15, 0.2) is 15.7 Å². The van der Waals surface area contributed by atoms with Crippen LogP contribution in [0.4, 0.5) is 0 Å². The average molecular weight is 321 g/mol. The number of hydrogen-bond acceptors (Lipinski definition) is 6. The summed E-state index contributed by atoms with van der Waals surface area (Å²) in [6.07, 6.45) is 6.15. The van der Waals surface area contributed by atoms with Crippen molar-refractivity contribution in [2.45, 2.75) is 42.5 Å². The SMILES string of the molecule is CS(=O)(=O)c1cccc(-c2nc(C3(N)CCCCC3)no2)c1. The third-order valence-corrected chi connectivity index (χ3v) is 5.24. The molecule has 6 nitrogen and oxygen atoms in total. The third-order valence-electron chi connectivity index (χ3n) is 4.13. The van der Waals surface area contributed by atoms with Gasteiger partial charge in [0.1, 0.15) is 0 Å². The summed E-state index contributed by atoms with van der Waals surface area (Å²) in [7, 11) is -3.27. The molecule has 0 radical (unpaired) electrons. The molecule has 1 fully saturated rings. The fourth-order valence-corrected chi connectivity index (χ4v) is 3.48. The molecule has 1 saturated carbocycles. The minimum absolute atomic E-state index is 0.227. The second-order valence-corrected chi connectivity index (χ2v) is 7.96. The van der Waals surface area contributed by atoms with Crippen LogP contribution < -0.4 is 5.73 Å². The van der Waals surface area contributed by atoms with Crippen molar-refractivity contribution in [2.75, 3.05) is 6.26 Å². The van der Waals surface area contributed by atoms with E-state index in [1.54, 1.807) is 18.2 Å². The van der Waals surface area contributed by atoms with Gasteiger partial charge in [-0.25, -0.2) is 8.42 Å². The molecule has 1 aliphatic carbocycles. The number of aromatic nitrogens is 2. The molecule has 22 heavy (non-hydrogen) atoms. The highest BCUT2D eigenvalue weighted by atomic mass is 32.2. The van der Waals surface area contributed by atoms with Crippen molar-refractivity contribution in [3.8, 4) is 11.5 Å². The van der Waals surface area contributed by atoms with Crippen LogP contribution in [0.2, 0.25) is 0 Å². The zero-order valence-corrected chi connectivity index (χ0v) is 13.3. The normalized spacial score (nSPS) is 18.3. The van der Waals surface area contributed by atoms with E-state index in [4.69, 9.17) is 10.3 Å². The monoisotopic (exact) mass is 321 g/mol. The van der Waals surface area contributed by atoms with Gasteiger partial charge in [0.2, 0.25) is 0 Å². The maximum atomic E-state index is 11.6. The van der Waals surface area contributed by atoms with Crippen LogP contribution in [0.5, 0.6) is 0 Å². The molecule has 0 saturated heterocycles. The van der Waals surface area contributed by atoms with Gasteiger partial charge in [-0.1, -0.05) is 30.5 Å². The minimum atomic E-state index is -3.27. The van der Waals surface area contributed by atoms with Crippen LogP contribution in [0.3, 0.4) is 0 Å². The molecule has 2 aromatic rings. The number of sulfone groups is 1. The lowest BCUT2D eigenvalue weighted by atomic mass is 9.82. The summed E-state index contributed by atoms with van der Waals surface area (Å²) in [5.41, 5.74) is 6.44. The number of nitrogens with two attached hydrogens (primary N) is 1. The Morgan fingerprint density at radius 3 is 2.64 bits per heavy atom. The van der Waals surface area contributed by atoms with Gasteiger partial charge in [-0.2, -0.15) is 4.98 Å². The Balaban J connectivity index is 1.94. The van der Waals surface area contributed by atoms with E-state index in [-0.39, 0.29) is 4.90 Å². The topological polar surface area (TPSA) is 99.1 Å². The van der Waals surface area contributed by atoms with Crippen molar-refractivity contribution in [1.82, 2.24) is 10.1 Å². The Hall–Kier alpha value is -1.73. The zero-order chi connectivity index (χ0) is 15.8. The van der Waals surface area contributed by atoms with Gasteiger partial charge in [0.25, 0.3) is 5.89 Å². The number of benzene rings is 1. The summed E-state index contributed by atoms with van der Waals surface area (Å²) in [4.78, 5) is 4.63. The molecule has 2 N–H and O–H groups in total. The quantitative estimate of drug-likeness (QED) is 0.931. The molecule has 1 aromatic carbocycles. The molecule has 1 aromatic heterocycles. The smallest absolute Gasteiger partial charge is 0.258 e. The molecule has 118 valence electrons. The summed E-state index contributed by atoms with van der Waals surface area (Å²) >= 11 is 0. The molecule has 0 bridgehead atoms. The Morgan fingerprint density at radius 1 is 1.23 bits per heavy atom. The maximum Gasteiger partial charge on any atom is 0.258 e. The van der Waals surface area contributed by atoms with Crippen molar-refractivity contribution in [3.05, 3.63) is 30.1 Å². The first kappa shape index (κ1) is 15.2. The average Bonchev–Trinajstić information content (AvgIpc) is 2.98. The predicted octanol–water partition coefficient (Wildman–Crippen LogP) is 2.26. The van der Waals surface area contributed by atoms with E-state index in [1.807, 2.05) is 0 Å². The van der Waals surface area contributed by atoms with E-state index in [2.05, 4.69) is 10.1 Å². The van der Waals surface area contributed by atoms with E-state index in [9.17, 15) is 8.42 Å². The molecule has 0 amide bonds. The first-order valence-corrected chi connectivity index (χ1v) is 9.21. The van der Waals surface area contributed by atoms with Crippen molar-refractivity contribution >= 4 is 9.84 Å². The molecular weight excluding hydrogens is 302 g/mol. The maximum absolute atomic E-state index is 11.6. The number of hydrogen-bond donors (Lipinski definition) is 1. The van der Waals surface area contributed by atoms with Crippen LogP contribution >= 0.6 is 0 Å². The molecule has 3 rings (SSSR count). The Bertz CT molecular complexity index is 777. The van der Waals surface area contributed by atoms with Gasteiger partial charge in [-0.3, -0.25) is 0 Å². The summed E-state index contributed by atoms with van der Waals surface area (Å²) in [6.45, 7) is 0. The van der Waals surface area contributed by atoms with Gasteiger partial charge in [0.05, 0.1) is 10.4 Å². The Morgan fingerprint density at radius 2 is 1.95 bits per heavy atom. The fraction of sp³-hybridized carbons (Fsp3) is 0.467. The highest BCUT2D eigenvalue weighted by Gasteiger charge is 2.34.